The van der Waals surface area contributed by atoms with Crippen molar-refractivity contribution in [3.05, 3.63) is 53.6 Å². The maximum atomic E-state index is 13.3. The summed E-state index contributed by atoms with van der Waals surface area (Å²) in [6, 6.07) is 10.6. The third-order valence-corrected chi connectivity index (χ3v) is 5.21. The lowest BCUT2D eigenvalue weighted by Crippen LogP contribution is -2.09. The number of rotatable bonds is 4. The van der Waals surface area contributed by atoms with Gasteiger partial charge in [0, 0.05) is 17.7 Å². The van der Waals surface area contributed by atoms with Gasteiger partial charge < -0.3 is 14.8 Å². The van der Waals surface area contributed by atoms with Crippen molar-refractivity contribution in [1.29, 1.82) is 0 Å². The van der Waals surface area contributed by atoms with Crippen LogP contribution in [0.3, 0.4) is 0 Å². The summed E-state index contributed by atoms with van der Waals surface area (Å²) in [4.78, 5) is 0. The summed E-state index contributed by atoms with van der Waals surface area (Å²) in [6.07, 6.45) is -1.75. The Kier molecular flexibility index (Phi) is 5.32. The van der Waals surface area contributed by atoms with E-state index in [0.717, 1.165) is 49.1 Å². The number of fused-ring (bicyclic) bond motifs is 1. The molecular formula is C22H22F3N3O2. The van der Waals surface area contributed by atoms with E-state index in [1.807, 2.05) is 6.07 Å². The lowest BCUT2D eigenvalue weighted by atomic mass is 10.0. The van der Waals surface area contributed by atoms with Gasteiger partial charge in [0.25, 0.3) is 0 Å². The van der Waals surface area contributed by atoms with Gasteiger partial charge >= 0.3 is 6.18 Å². The average molecular weight is 417 g/mol. The molecule has 1 aliphatic heterocycles. The summed E-state index contributed by atoms with van der Waals surface area (Å²) >= 11 is 0. The SMILES string of the molecule is COc1ccc(OC)c(-c2nn(-c3cccc(C(F)(F)F)c3)c3c2CCCCN3)c1. The molecule has 8 heteroatoms. The Hall–Kier alpha value is -3.16. The highest BCUT2D eigenvalue weighted by atomic mass is 19.4. The van der Waals surface area contributed by atoms with Crippen molar-refractivity contribution in [1.82, 2.24) is 9.78 Å². The molecule has 0 unspecified atom stereocenters. The average Bonchev–Trinajstić information content (AvgIpc) is 2.93. The molecule has 3 aromatic rings. The number of alkyl halides is 3. The van der Waals surface area contributed by atoms with Gasteiger partial charge in [-0.05, 0) is 55.7 Å². The minimum atomic E-state index is -4.42. The van der Waals surface area contributed by atoms with Crippen molar-refractivity contribution in [3.8, 4) is 28.4 Å². The first kappa shape index (κ1) is 20.1. The Morgan fingerprint density at radius 3 is 2.60 bits per heavy atom. The Balaban J connectivity index is 1.93. The van der Waals surface area contributed by atoms with Crippen LogP contribution >= 0.6 is 0 Å². The molecule has 2 heterocycles. The second-order valence-corrected chi connectivity index (χ2v) is 7.09. The van der Waals surface area contributed by atoms with Gasteiger partial charge in [0.05, 0.1) is 25.5 Å². The molecular weight excluding hydrogens is 395 g/mol. The van der Waals surface area contributed by atoms with E-state index in [0.29, 0.717) is 28.7 Å². The number of halogens is 3. The van der Waals surface area contributed by atoms with Gasteiger partial charge in [0.1, 0.15) is 23.0 Å². The first-order valence-corrected chi connectivity index (χ1v) is 9.68. The van der Waals surface area contributed by atoms with E-state index in [2.05, 4.69) is 5.32 Å². The maximum absolute atomic E-state index is 13.3. The van der Waals surface area contributed by atoms with Crippen LogP contribution in [0, 0.1) is 0 Å². The molecule has 0 bridgehead atoms. The maximum Gasteiger partial charge on any atom is 0.416 e. The number of hydrogen-bond donors (Lipinski definition) is 1. The van der Waals surface area contributed by atoms with Crippen LogP contribution in [0.5, 0.6) is 11.5 Å². The highest BCUT2D eigenvalue weighted by molar-refractivity contribution is 5.76. The molecule has 1 N–H and O–H groups in total. The van der Waals surface area contributed by atoms with E-state index in [-0.39, 0.29) is 0 Å². The van der Waals surface area contributed by atoms with Crippen LogP contribution in [0.1, 0.15) is 24.0 Å². The van der Waals surface area contributed by atoms with E-state index >= 15 is 0 Å². The van der Waals surface area contributed by atoms with Crippen molar-refractivity contribution in [2.24, 2.45) is 0 Å². The van der Waals surface area contributed by atoms with Gasteiger partial charge in [0.15, 0.2) is 0 Å². The molecule has 0 fully saturated rings. The number of hydrogen-bond acceptors (Lipinski definition) is 4. The van der Waals surface area contributed by atoms with E-state index in [4.69, 9.17) is 14.6 Å². The molecule has 0 amide bonds. The van der Waals surface area contributed by atoms with E-state index in [1.54, 1.807) is 37.1 Å². The third kappa shape index (κ3) is 3.69. The summed E-state index contributed by atoms with van der Waals surface area (Å²) < 4.78 is 52.2. The van der Waals surface area contributed by atoms with Crippen LogP contribution in [0.15, 0.2) is 42.5 Å². The number of nitrogens with zero attached hydrogens (tertiary/aromatic N) is 2. The van der Waals surface area contributed by atoms with Crippen molar-refractivity contribution in [2.75, 3.05) is 26.1 Å². The van der Waals surface area contributed by atoms with Crippen LogP contribution in [-0.4, -0.2) is 30.5 Å². The molecule has 0 saturated heterocycles. The molecule has 30 heavy (non-hydrogen) atoms. The fourth-order valence-corrected chi connectivity index (χ4v) is 3.72. The van der Waals surface area contributed by atoms with E-state index in [9.17, 15) is 13.2 Å². The van der Waals surface area contributed by atoms with Crippen LogP contribution < -0.4 is 14.8 Å². The summed E-state index contributed by atoms with van der Waals surface area (Å²) in [7, 11) is 3.15. The standard InChI is InChI=1S/C22H22F3N3O2/c1-29-16-9-10-19(30-2)18(13-16)20-17-8-3-4-11-26-21(17)28(27-20)15-7-5-6-14(12-15)22(23,24)25/h5-7,9-10,12-13,26H,3-4,8,11H2,1-2H3. The molecule has 0 radical (unpaired) electrons. The number of ether oxygens (including phenoxy) is 2. The minimum Gasteiger partial charge on any atom is -0.497 e. The topological polar surface area (TPSA) is 48.3 Å². The zero-order valence-corrected chi connectivity index (χ0v) is 16.7. The summed E-state index contributed by atoms with van der Waals surface area (Å²) in [5.41, 5.74) is 2.01. The molecule has 0 aliphatic carbocycles. The molecule has 2 aromatic carbocycles. The predicted octanol–water partition coefficient (Wildman–Crippen LogP) is 5.32. The molecule has 1 aliphatic rings. The van der Waals surface area contributed by atoms with Crippen LogP contribution in [0.4, 0.5) is 19.0 Å². The zero-order valence-electron chi connectivity index (χ0n) is 16.7. The Morgan fingerprint density at radius 1 is 1.03 bits per heavy atom. The number of benzene rings is 2. The van der Waals surface area contributed by atoms with Gasteiger partial charge in [-0.15, -0.1) is 0 Å². The fraction of sp³-hybridized carbons (Fsp3) is 0.318. The van der Waals surface area contributed by atoms with Crippen molar-refractivity contribution in [3.63, 3.8) is 0 Å². The van der Waals surface area contributed by atoms with Crippen LogP contribution in [0.25, 0.3) is 16.9 Å². The second-order valence-electron chi connectivity index (χ2n) is 7.09. The predicted molar refractivity (Wildman–Crippen MR) is 109 cm³/mol. The first-order valence-electron chi connectivity index (χ1n) is 9.68. The minimum absolute atomic E-state index is 0.351. The number of nitrogens with one attached hydrogen (secondary N) is 1. The summed E-state index contributed by atoms with van der Waals surface area (Å²) in [5.74, 6) is 1.98. The normalized spacial score (nSPS) is 13.9. The van der Waals surface area contributed by atoms with E-state index < -0.39 is 11.7 Å². The van der Waals surface area contributed by atoms with Gasteiger partial charge in [0.2, 0.25) is 0 Å². The largest absolute Gasteiger partial charge is 0.497 e. The van der Waals surface area contributed by atoms with Gasteiger partial charge in [-0.3, -0.25) is 0 Å². The lowest BCUT2D eigenvalue weighted by molar-refractivity contribution is -0.137. The van der Waals surface area contributed by atoms with Crippen LogP contribution in [0.2, 0.25) is 0 Å². The Bertz CT molecular complexity index is 1060. The monoisotopic (exact) mass is 417 g/mol. The molecule has 1 aromatic heterocycles. The van der Waals surface area contributed by atoms with Gasteiger partial charge in [-0.25, -0.2) is 4.68 Å². The molecule has 0 atom stereocenters. The fourth-order valence-electron chi connectivity index (χ4n) is 3.72. The number of aromatic nitrogens is 2. The highest BCUT2D eigenvalue weighted by Crippen LogP contribution is 2.40. The number of methoxy groups -OCH3 is 2. The van der Waals surface area contributed by atoms with Crippen LogP contribution in [-0.2, 0) is 12.6 Å². The van der Waals surface area contributed by atoms with Gasteiger partial charge in [-0.1, -0.05) is 6.07 Å². The smallest absolute Gasteiger partial charge is 0.416 e. The van der Waals surface area contributed by atoms with Crippen molar-refractivity contribution < 1.29 is 22.6 Å². The van der Waals surface area contributed by atoms with E-state index in [1.165, 1.54) is 6.07 Å². The Morgan fingerprint density at radius 2 is 1.87 bits per heavy atom. The summed E-state index contributed by atoms with van der Waals surface area (Å²) in [6.45, 7) is 0.729. The molecule has 4 rings (SSSR count). The summed E-state index contributed by atoms with van der Waals surface area (Å²) in [5, 5.41) is 8.09. The highest BCUT2D eigenvalue weighted by Gasteiger charge is 2.31. The molecule has 5 nitrogen and oxygen atoms in total. The second kappa shape index (κ2) is 7.93. The lowest BCUT2D eigenvalue weighted by Gasteiger charge is -2.12. The number of anilines is 1. The van der Waals surface area contributed by atoms with Gasteiger partial charge in [-0.2, -0.15) is 18.3 Å². The van der Waals surface area contributed by atoms with Crippen molar-refractivity contribution >= 4 is 5.82 Å². The first-order chi connectivity index (χ1) is 14.4. The quantitative estimate of drug-likeness (QED) is 0.624. The molecule has 0 spiro atoms. The third-order valence-electron chi connectivity index (χ3n) is 5.21. The Labute approximate surface area is 172 Å². The van der Waals surface area contributed by atoms with Crippen molar-refractivity contribution in [2.45, 2.75) is 25.4 Å². The molecule has 0 saturated carbocycles. The molecule has 158 valence electrons. The zero-order chi connectivity index (χ0) is 21.3.